The van der Waals surface area contributed by atoms with Gasteiger partial charge < -0.3 is 5.11 Å². The van der Waals surface area contributed by atoms with Gasteiger partial charge in [0.15, 0.2) is 0 Å². The van der Waals surface area contributed by atoms with Crippen molar-refractivity contribution in [2.75, 3.05) is 11.4 Å². The van der Waals surface area contributed by atoms with Crippen LogP contribution < -0.4 is 4.90 Å². The molecule has 0 spiro atoms. The fraction of sp³-hybridized carbons (Fsp3) is 0.0833. The number of aliphatic carboxylic acids is 1. The van der Waals surface area contributed by atoms with Gasteiger partial charge >= 0.3 is 5.97 Å². The highest BCUT2D eigenvalue weighted by atomic mass is 19.1. The lowest BCUT2D eigenvalue weighted by Gasteiger charge is -2.16. The highest BCUT2D eigenvalue weighted by Crippen LogP contribution is 2.31. The van der Waals surface area contributed by atoms with Gasteiger partial charge in [-0.05, 0) is 12.1 Å². The summed E-state index contributed by atoms with van der Waals surface area (Å²) in [6.07, 6.45) is 0. The molecule has 5 nitrogen and oxygen atoms in total. The van der Waals surface area contributed by atoms with E-state index in [2.05, 4.69) is 6.58 Å². The number of anilines is 1. The van der Waals surface area contributed by atoms with E-state index >= 15 is 0 Å². The van der Waals surface area contributed by atoms with Crippen molar-refractivity contribution in [3.8, 4) is 0 Å². The maximum atomic E-state index is 13.6. The molecule has 1 heterocycles. The number of carbonyl (C=O) groups is 3. The number of benzene rings is 1. The van der Waals surface area contributed by atoms with Crippen molar-refractivity contribution >= 4 is 23.3 Å². The van der Waals surface area contributed by atoms with Crippen LogP contribution in [-0.4, -0.2) is 29.3 Å². The SMILES string of the molecule is C=C(CN1C(=O)C(=O)c2cccc(F)c21)C(=O)O. The molecule has 18 heavy (non-hydrogen) atoms. The number of carbonyl (C=O) groups excluding carboxylic acids is 2. The summed E-state index contributed by atoms with van der Waals surface area (Å²) in [6, 6.07) is 3.73. The van der Waals surface area contributed by atoms with E-state index in [1.165, 1.54) is 12.1 Å². The molecule has 92 valence electrons. The number of halogens is 1. The standard InChI is InChI=1S/C12H8FNO4/c1-6(12(17)18)5-14-9-7(10(15)11(14)16)3-2-4-8(9)13/h2-4H,1,5H2,(H,17,18). The van der Waals surface area contributed by atoms with Crippen LogP contribution >= 0.6 is 0 Å². The van der Waals surface area contributed by atoms with Gasteiger partial charge in [0.1, 0.15) is 5.82 Å². The average molecular weight is 249 g/mol. The van der Waals surface area contributed by atoms with Crippen LogP contribution in [0, 0.1) is 5.82 Å². The van der Waals surface area contributed by atoms with Crippen LogP contribution in [0.3, 0.4) is 0 Å². The number of fused-ring (bicyclic) bond motifs is 1. The van der Waals surface area contributed by atoms with Gasteiger partial charge in [0.05, 0.1) is 17.8 Å². The van der Waals surface area contributed by atoms with Crippen LogP contribution in [0.15, 0.2) is 30.4 Å². The second-order valence-corrected chi connectivity index (χ2v) is 3.77. The largest absolute Gasteiger partial charge is 0.478 e. The van der Waals surface area contributed by atoms with Crippen LogP contribution in [0.1, 0.15) is 10.4 Å². The molecule has 1 aliphatic heterocycles. The maximum Gasteiger partial charge on any atom is 0.332 e. The molecule has 0 aliphatic carbocycles. The van der Waals surface area contributed by atoms with Crippen LogP contribution in [0.25, 0.3) is 0 Å². The number of amides is 1. The molecule has 0 bridgehead atoms. The first-order valence-corrected chi connectivity index (χ1v) is 4.99. The molecule has 0 radical (unpaired) electrons. The molecule has 0 fully saturated rings. The summed E-state index contributed by atoms with van der Waals surface area (Å²) in [7, 11) is 0. The first kappa shape index (κ1) is 12.0. The number of para-hydroxylation sites is 1. The number of hydrogen-bond acceptors (Lipinski definition) is 3. The highest BCUT2D eigenvalue weighted by Gasteiger charge is 2.38. The summed E-state index contributed by atoms with van der Waals surface area (Å²) in [5, 5.41) is 8.70. The molecular formula is C12H8FNO4. The smallest absolute Gasteiger partial charge is 0.332 e. The van der Waals surface area contributed by atoms with Gasteiger partial charge in [0.2, 0.25) is 0 Å². The second kappa shape index (κ2) is 4.06. The predicted octanol–water partition coefficient (Wildman–Crippen LogP) is 0.996. The highest BCUT2D eigenvalue weighted by molar-refractivity contribution is 6.52. The Morgan fingerprint density at radius 1 is 1.39 bits per heavy atom. The van der Waals surface area contributed by atoms with Crippen molar-refractivity contribution in [3.63, 3.8) is 0 Å². The lowest BCUT2D eigenvalue weighted by molar-refractivity contribution is -0.132. The molecule has 0 saturated heterocycles. The molecule has 0 aromatic heterocycles. The normalized spacial score (nSPS) is 13.7. The molecule has 1 aromatic rings. The van der Waals surface area contributed by atoms with Crippen molar-refractivity contribution in [3.05, 3.63) is 41.7 Å². The zero-order valence-electron chi connectivity index (χ0n) is 9.14. The number of Topliss-reactive ketones (excluding diaryl/α,β-unsaturated/α-hetero) is 1. The first-order valence-electron chi connectivity index (χ1n) is 4.99. The van der Waals surface area contributed by atoms with E-state index in [1.54, 1.807) is 0 Å². The van der Waals surface area contributed by atoms with Gasteiger partial charge in [0, 0.05) is 5.57 Å². The van der Waals surface area contributed by atoms with Crippen LogP contribution in [0.5, 0.6) is 0 Å². The van der Waals surface area contributed by atoms with E-state index in [4.69, 9.17) is 5.11 Å². The van der Waals surface area contributed by atoms with E-state index in [-0.39, 0.29) is 16.8 Å². The van der Waals surface area contributed by atoms with Gasteiger partial charge in [-0.3, -0.25) is 14.5 Å². The molecular weight excluding hydrogens is 241 g/mol. The van der Waals surface area contributed by atoms with Gasteiger partial charge in [-0.1, -0.05) is 12.6 Å². The quantitative estimate of drug-likeness (QED) is 0.640. The van der Waals surface area contributed by atoms with Crippen LogP contribution in [0.2, 0.25) is 0 Å². The third-order valence-corrected chi connectivity index (χ3v) is 2.59. The van der Waals surface area contributed by atoms with Crippen molar-refractivity contribution in [2.45, 2.75) is 0 Å². The third-order valence-electron chi connectivity index (χ3n) is 2.59. The monoisotopic (exact) mass is 249 g/mol. The molecule has 6 heteroatoms. The Morgan fingerprint density at radius 2 is 2.06 bits per heavy atom. The molecule has 1 aromatic carbocycles. The summed E-state index contributed by atoms with van der Waals surface area (Å²) in [6.45, 7) is 2.83. The number of rotatable bonds is 3. The van der Waals surface area contributed by atoms with Crippen LogP contribution in [-0.2, 0) is 9.59 Å². The van der Waals surface area contributed by atoms with Crippen molar-refractivity contribution in [1.29, 1.82) is 0 Å². The first-order chi connectivity index (χ1) is 8.43. The lowest BCUT2D eigenvalue weighted by atomic mass is 10.1. The molecule has 1 amide bonds. The van der Waals surface area contributed by atoms with Crippen molar-refractivity contribution < 1.29 is 23.9 Å². The minimum Gasteiger partial charge on any atom is -0.478 e. The van der Waals surface area contributed by atoms with E-state index in [9.17, 15) is 18.8 Å². The Balaban J connectivity index is 2.46. The zero-order chi connectivity index (χ0) is 13.4. The maximum absolute atomic E-state index is 13.6. The number of carboxylic acids is 1. The third kappa shape index (κ3) is 1.67. The summed E-state index contributed by atoms with van der Waals surface area (Å²) < 4.78 is 13.6. The summed E-state index contributed by atoms with van der Waals surface area (Å²) in [5.41, 5.74) is -0.541. The topological polar surface area (TPSA) is 74.7 Å². The van der Waals surface area contributed by atoms with E-state index in [0.717, 1.165) is 11.0 Å². The second-order valence-electron chi connectivity index (χ2n) is 3.77. The Kier molecular flexibility index (Phi) is 2.70. The van der Waals surface area contributed by atoms with Gasteiger partial charge in [0.25, 0.3) is 11.7 Å². The van der Waals surface area contributed by atoms with Gasteiger partial charge in [-0.25, -0.2) is 9.18 Å². The fourth-order valence-corrected chi connectivity index (χ4v) is 1.72. The van der Waals surface area contributed by atoms with Gasteiger partial charge in [-0.2, -0.15) is 0 Å². The molecule has 1 N–H and O–H groups in total. The van der Waals surface area contributed by atoms with Gasteiger partial charge in [-0.15, -0.1) is 0 Å². The Labute approximate surface area is 101 Å². The van der Waals surface area contributed by atoms with E-state index in [1.807, 2.05) is 0 Å². The molecule has 0 saturated carbocycles. The number of carboxylic acid groups (broad SMARTS) is 1. The molecule has 1 aliphatic rings. The minimum atomic E-state index is -1.31. The number of hydrogen-bond donors (Lipinski definition) is 1. The van der Waals surface area contributed by atoms with Crippen molar-refractivity contribution in [1.82, 2.24) is 0 Å². The average Bonchev–Trinajstić information content (AvgIpc) is 2.56. The van der Waals surface area contributed by atoms with E-state index in [0.29, 0.717) is 0 Å². The Morgan fingerprint density at radius 3 is 2.67 bits per heavy atom. The minimum absolute atomic E-state index is 0.0572. The molecule has 2 rings (SSSR count). The summed E-state index contributed by atoms with van der Waals surface area (Å²) in [4.78, 5) is 34.7. The molecule has 0 unspecified atom stereocenters. The Bertz CT molecular complexity index is 594. The number of nitrogens with zero attached hydrogens (tertiary/aromatic N) is 1. The van der Waals surface area contributed by atoms with Crippen LogP contribution in [0.4, 0.5) is 10.1 Å². The van der Waals surface area contributed by atoms with Crippen molar-refractivity contribution in [2.24, 2.45) is 0 Å². The Hall–Kier alpha value is -2.50. The number of ketones is 1. The fourth-order valence-electron chi connectivity index (χ4n) is 1.72. The van der Waals surface area contributed by atoms with E-state index < -0.39 is 30.0 Å². The predicted molar refractivity (Wildman–Crippen MR) is 59.9 cm³/mol. The lowest BCUT2D eigenvalue weighted by Crippen LogP contribution is -2.33. The summed E-state index contributed by atoms with van der Waals surface area (Å²) in [5.74, 6) is -3.84. The summed E-state index contributed by atoms with van der Waals surface area (Å²) >= 11 is 0. The molecule has 0 atom stereocenters. The zero-order valence-corrected chi connectivity index (χ0v) is 9.14.